The van der Waals surface area contributed by atoms with Gasteiger partial charge in [0.2, 0.25) is 0 Å². The molecule has 0 saturated heterocycles. The summed E-state index contributed by atoms with van der Waals surface area (Å²) in [6.07, 6.45) is 0. The molecule has 0 atom stereocenters. The second-order valence-corrected chi connectivity index (χ2v) is 3.14. The Bertz CT molecular complexity index is 216. The molecule has 0 unspecified atom stereocenters. The van der Waals surface area contributed by atoms with E-state index < -0.39 is 0 Å². The predicted octanol–water partition coefficient (Wildman–Crippen LogP) is 1.85. The highest BCUT2D eigenvalue weighted by Crippen LogP contribution is 2.18. The number of thiazole rings is 1. The van der Waals surface area contributed by atoms with Crippen molar-refractivity contribution in [3.63, 3.8) is 0 Å². The molecule has 0 amide bonds. The van der Waals surface area contributed by atoms with Gasteiger partial charge in [-0.25, -0.2) is 4.98 Å². The lowest BCUT2D eigenvalue weighted by molar-refractivity contribution is 0.211. The van der Waals surface area contributed by atoms with Gasteiger partial charge in [0.15, 0.2) is 5.13 Å². The molecular weight excluding hydrogens is 184 g/mol. The van der Waals surface area contributed by atoms with Crippen molar-refractivity contribution in [2.75, 3.05) is 25.6 Å². The molecule has 5 heteroatoms. The van der Waals surface area contributed by atoms with Crippen LogP contribution >= 0.6 is 22.9 Å². The summed E-state index contributed by atoms with van der Waals surface area (Å²) in [5, 5.41) is 6.23. The standard InChI is InChI=1S/C6H9ClN2OS/c1-10-3-2-8-6-9-5(7)4-11-6/h4H,2-3H2,1H3,(H,8,9). The Kier molecular flexibility index (Phi) is 3.62. The summed E-state index contributed by atoms with van der Waals surface area (Å²) in [4.78, 5) is 4.00. The highest BCUT2D eigenvalue weighted by Gasteiger charge is 1.96. The molecule has 1 aromatic heterocycles. The summed E-state index contributed by atoms with van der Waals surface area (Å²) < 4.78 is 4.85. The fourth-order valence-electron chi connectivity index (χ4n) is 0.595. The minimum absolute atomic E-state index is 0.537. The van der Waals surface area contributed by atoms with Crippen molar-refractivity contribution in [3.05, 3.63) is 10.5 Å². The molecule has 3 nitrogen and oxygen atoms in total. The number of hydrogen-bond acceptors (Lipinski definition) is 4. The molecule has 0 aliphatic heterocycles. The Hall–Kier alpha value is -0.320. The smallest absolute Gasteiger partial charge is 0.184 e. The zero-order valence-electron chi connectivity index (χ0n) is 6.13. The number of rotatable bonds is 4. The molecule has 0 fully saturated rings. The molecule has 1 heterocycles. The number of halogens is 1. The van der Waals surface area contributed by atoms with Gasteiger partial charge in [0.05, 0.1) is 6.61 Å². The van der Waals surface area contributed by atoms with Crippen LogP contribution < -0.4 is 5.32 Å². The number of methoxy groups -OCH3 is 1. The van der Waals surface area contributed by atoms with Crippen molar-refractivity contribution in [3.8, 4) is 0 Å². The van der Waals surface area contributed by atoms with E-state index in [1.807, 2.05) is 0 Å². The maximum atomic E-state index is 5.60. The van der Waals surface area contributed by atoms with Crippen molar-refractivity contribution in [2.24, 2.45) is 0 Å². The van der Waals surface area contributed by atoms with Gasteiger partial charge < -0.3 is 10.1 Å². The third-order valence-electron chi connectivity index (χ3n) is 1.06. The van der Waals surface area contributed by atoms with Crippen LogP contribution in [-0.2, 0) is 4.74 Å². The van der Waals surface area contributed by atoms with Crippen LogP contribution in [0.25, 0.3) is 0 Å². The van der Waals surface area contributed by atoms with E-state index in [-0.39, 0.29) is 0 Å². The maximum absolute atomic E-state index is 5.60. The van der Waals surface area contributed by atoms with Gasteiger partial charge in [-0.2, -0.15) is 0 Å². The normalized spacial score (nSPS) is 10.0. The van der Waals surface area contributed by atoms with Crippen LogP contribution in [0.15, 0.2) is 5.38 Å². The average molecular weight is 193 g/mol. The zero-order chi connectivity index (χ0) is 8.10. The van der Waals surface area contributed by atoms with Gasteiger partial charge in [0.25, 0.3) is 0 Å². The van der Waals surface area contributed by atoms with E-state index in [0.29, 0.717) is 11.8 Å². The molecule has 0 spiro atoms. The molecule has 0 bridgehead atoms. The molecule has 1 N–H and O–H groups in total. The van der Waals surface area contributed by atoms with E-state index in [4.69, 9.17) is 16.3 Å². The molecule has 0 aliphatic carbocycles. The molecule has 62 valence electrons. The van der Waals surface area contributed by atoms with Gasteiger partial charge in [-0.15, -0.1) is 11.3 Å². The zero-order valence-corrected chi connectivity index (χ0v) is 7.71. The number of hydrogen-bond donors (Lipinski definition) is 1. The largest absolute Gasteiger partial charge is 0.383 e. The average Bonchev–Trinajstić information content (AvgIpc) is 2.37. The van der Waals surface area contributed by atoms with Gasteiger partial charge >= 0.3 is 0 Å². The monoisotopic (exact) mass is 192 g/mol. The summed E-state index contributed by atoms with van der Waals surface area (Å²) >= 11 is 7.09. The van der Waals surface area contributed by atoms with Crippen molar-refractivity contribution in [1.29, 1.82) is 0 Å². The molecule has 0 saturated carbocycles. The minimum Gasteiger partial charge on any atom is -0.383 e. The quantitative estimate of drug-likeness (QED) is 0.740. The summed E-state index contributed by atoms with van der Waals surface area (Å²) in [6, 6.07) is 0. The molecular formula is C6H9ClN2OS. The van der Waals surface area contributed by atoms with E-state index in [0.717, 1.165) is 11.7 Å². The minimum atomic E-state index is 0.537. The van der Waals surface area contributed by atoms with Crippen molar-refractivity contribution in [1.82, 2.24) is 4.98 Å². The van der Waals surface area contributed by atoms with Crippen LogP contribution in [0, 0.1) is 0 Å². The van der Waals surface area contributed by atoms with Gasteiger partial charge in [-0.1, -0.05) is 11.6 Å². The second-order valence-electron chi connectivity index (χ2n) is 1.89. The number of nitrogens with zero attached hydrogens (tertiary/aromatic N) is 1. The van der Waals surface area contributed by atoms with Crippen molar-refractivity contribution >= 4 is 28.1 Å². The van der Waals surface area contributed by atoms with Crippen molar-refractivity contribution in [2.45, 2.75) is 0 Å². The number of ether oxygens (including phenoxy) is 1. The number of anilines is 1. The first-order valence-electron chi connectivity index (χ1n) is 3.17. The molecule has 11 heavy (non-hydrogen) atoms. The van der Waals surface area contributed by atoms with Gasteiger partial charge in [-0.3, -0.25) is 0 Å². The highest BCUT2D eigenvalue weighted by atomic mass is 35.5. The van der Waals surface area contributed by atoms with Crippen molar-refractivity contribution < 1.29 is 4.74 Å². The van der Waals surface area contributed by atoms with Crippen LogP contribution in [0.2, 0.25) is 5.15 Å². The fraction of sp³-hybridized carbons (Fsp3) is 0.500. The topological polar surface area (TPSA) is 34.1 Å². The highest BCUT2D eigenvalue weighted by molar-refractivity contribution is 7.14. The predicted molar refractivity (Wildman–Crippen MR) is 47.5 cm³/mol. The fourth-order valence-corrected chi connectivity index (χ4v) is 1.46. The third kappa shape index (κ3) is 3.05. The van der Waals surface area contributed by atoms with E-state index in [9.17, 15) is 0 Å². The Labute approximate surface area is 74.4 Å². The van der Waals surface area contributed by atoms with Crippen LogP contribution in [-0.4, -0.2) is 25.2 Å². The summed E-state index contributed by atoms with van der Waals surface area (Å²) in [7, 11) is 1.66. The first-order valence-corrected chi connectivity index (χ1v) is 4.42. The second kappa shape index (κ2) is 4.54. The molecule has 0 radical (unpaired) electrons. The van der Waals surface area contributed by atoms with E-state index >= 15 is 0 Å². The SMILES string of the molecule is COCCNc1nc(Cl)cs1. The summed E-state index contributed by atoms with van der Waals surface area (Å²) in [5.41, 5.74) is 0. The summed E-state index contributed by atoms with van der Waals surface area (Å²) in [6.45, 7) is 1.44. The maximum Gasteiger partial charge on any atom is 0.184 e. The van der Waals surface area contributed by atoms with Gasteiger partial charge in [-0.05, 0) is 0 Å². The molecule has 0 aliphatic rings. The van der Waals surface area contributed by atoms with Gasteiger partial charge in [0, 0.05) is 19.0 Å². The third-order valence-corrected chi connectivity index (χ3v) is 2.18. The van der Waals surface area contributed by atoms with Crippen LogP contribution in [0.3, 0.4) is 0 Å². The number of nitrogens with one attached hydrogen (secondary N) is 1. The van der Waals surface area contributed by atoms with E-state index in [2.05, 4.69) is 10.3 Å². The lowest BCUT2D eigenvalue weighted by atomic mass is 10.7. The van der Waals surface area contributed by atoms with Crippen LogP contribution in [0.4, 0.5) is 5.13 Å². The Morgan fingerprint density at radius 1 is 1.82 bits per heavy atom. The van der Waals surface area contributed by atoms with E-state index in [1.165, 1.54) is 11.3 Å². The molecule has 0 aromatic carbocycles. The lowest BCUT2D eigenvalue weighted by Gasteiger charge is -1.98. The summed E-state index contributed by atoms with van der Waals surface area (Å²) in [5.74, 6) is 0. The van der Waals surface area contributed by atoms with E-state index in [1.54, 1.807) is 12.5 Å². The Morgan fingerprint density at radius 3 is 3.18 bits per heavy atom. The van der Waals surface area contributed by atoms with Gasteiger partial charge in [0.1, 0.15) is 5.15 Å². The first kappa shape index (κ1) is 8.77. The first-order chi connectivity index (χ1) is 5.33. The lowest BCUT2D eigenvalue weighted by Crippen LogP contribution is -2.06. The molecule has 1 rings (SSSR count). The van der Waals surface area contributed by atoms with Crippen LogP contribution in [0.1, 0.15) is 0 Å². The van der Waals surface area contributed by atoms with Crippen LogP contribution in [0.5, 0.6) is 0 Å². The molecule has 1 aromatic rings. The Balaban J connectivity index is 2.27. The Morgan fingerprint density at radius 2 is 2.64 bits per heavy atom. The number of aromatic nitrogens is 1.